The Kier molecular flexibility index (Phi) is 3.20. The van der Waals surface area contributed by atoms with E-state index in [0.29, 0.717) is 6.04 Å². The van der Waals surface area contributed by atoms with Crippen molar-refractivity contribution in [3.63, 3.8) is 0 Å². The van der Waals surface area contributed by atoms with E-state index in [1.807, 2.05) is 0 Å². The molecule has 1 aliphatic rings. The predicted octanol–water partition coefficient (Wildman–Crippen LogP) is 2.83. The van der Waals surface area contributed by atoms with Crippen LogP contribution in [0.1, 0.15) is 30.0 Å². The van der Waals surface area contributed by atoms with Crippen LogP contribution in [0.15, 0.2) is 18.2 Å². The topological polar surface area (TPSA) is 6.48 Å². The highest BCUT2D eigenvalue weighted by Gasteiger charge is 2.22. The van der Waals surface area contributed by atoms with Gasteiger partial charge in [0, 0.05) is 25.3 Å². The van der Waals surface area contributed by atoms with Crippen LogP contribution in [0.25, 0.3) is 0 Å². The molecular weight excluding hydrogens is 196 g/mol. The van der Waals surface area contributed by atoms with Gasteiger partial charge < -0.3 is 9.80 Å². The van der Waals surface area contributed by atoms with Gasteiger partial charge in [0.25, 0.3) is 0 Å². The van der Waals surface area contributed by atoms with Crippen molar-refractivity contribution < 1.29 is 0 Å². The molecule has 0 saturated carbocycles. The summed E-state index contributed by atoms with van der Waals surface area (Å²) in [6.07, 6.45) is 2.53. The van der Waals surface area contributed by atoms with Crippen molar-refractivity contribution in [3.8, 4) is 0 Å². The zero-order chi connectivity index (χ0) is 11.7. The molecule has 16 heavy (non-hydrogen) atoms. The fourth-order valence-corrected chi connectivity index (χ4v) is 2.62. The third-order valence-corrected chi connectivity index (χ3v) is 3.55. The zero-order valence-corrected chi connectivity index (χ0v) is 10.8. The van der Waals surface area contributed by atoms with Gasteiger partial charge in [0.2, 0.25) is 0 Å². The number of nitrogens with zero attached hydrogens (tertiary/aromatic N) is 2. The van der Waals surface area contributed by atoms with E-state index in [2.05, 4.69) is 56.1 Å². The Hall–Kier alpha value is -1.02. The van der Waals surface area contributed by atoms with Gasteiger partial charge in [0.15, 0.2) is 0 Å². The third kappa shape index (κ3) is 2.07. The molecule has 1 aromatic rings. The van der Waals surface area contributed by atoms with Gasteiger partial charge in [-0.3, -0.25) is 0 Å². The summed E-state index contributed by atoms with van der Waals surface area (Å²) in [5, 5.41) is 0. The minimum Gasteiger partial charge on any atom is -0.374 e. The van der Waals surface area contributed by atoms with Crippen LogP contribution < -0.4 is 4.90 Å². The maximum atomic E-state index is 2.39. The molecule has 0 N–H and O–H groups in total. The second-order valence-corrected chi connectivity index (χ2v) is 5.11. The second-order valence-electron chi connectivity index (χ2n) is 5.11. The van der Waals surface area contributed by atoms with Crippen LogP contribution in [0.4, 0.5) is 5.69 Å². The number of rotatable bonds is 1. The van der Waals surface area contributed by atoms with Crippen LogP contribution in [0.2, 0.25) is 0 Å². The van der Waals surface area contributed by atoms with Crippen molar-refractivity contribution in [2.45, 2.75) is 25.8 Å². The number of hydrogen-bond acceptors (Lipinski definition) is 2. The van der Waals surface area contributed by atoms with Gasteiger partial charge in [-0.05, 0) is 45.5 Å². The fourth-order valence-electron chi connectivity index (χ4n) is 2.62. The molecule has 0 radical (unpaired) electrons. The summed E-state index contributed by atoms with van der Waals surface area (Å²) in [5.41, 5.74) is 4.26. The molecule has 0 bridgehead atoms. The summed E-state index contributed by atoms with van der Waals surface area (Å²) >= 11 is 0. The molecular formula is C14H22N2. The molecule has 1 unspecified atom stereocenters. The molecule has 0 spiro atoms. The van der Waals surface area contributed by atoms with Crippen LogP contribution in [0.5, 0.6) is 0 Å². The van der Waals surface area contributed by atoms with Gasteiger partial charge in [0.1, 0.15) is 0 Å². The molecule has 2 rings (SSSR count). The lowest BCUT2D eigenvalue weighted by atomic mass is 9.99. The van der Waals surface area contributed by atoms with Crippen LogP contribution in [-0.2, 0) is 0 Å². The van der Waals surface area contributed by atoms with E-state index in [-0.39, 0.29) is 0 Å². The molecule has 1 aromatic carbocycles. The highest BCUT2D eigenvalue weighted by molar-refractivity contribution is 5.56. The van der Waals surface area contributed by atoms with Crippen molar-refractivity contribution in [2.75, 3.05) is 32.6 Å². The molecule has 0 aromatic heterocycles. The van der Waals surface area contributed by atoms with E-state index in [1.54, 1.807) is 0 Å². The average molecular weight is 218 g/mol. The fraction of sp³-hybridized carbons (Fsp3) is 0.571. The van der Waals surface area contributed by atoms with Crippen molar-refractivity contribution >= 4 is 5.69 Å². The van der Waals surface area contributed by atoms with Crippen molar-refractivity contribution in [1.82, 2.24) is 4.90 Å². The highest BCUT2D eigenvalue weighted by atomic mass is 15.1. The number of hydrogen-bond donors (Lipinski definition) is 0. The van der Waals surface area contributed by atoms with Gasteiger partial charge in [0.05, 0.1) is 0 Å². The predicted molar refractivity (Wildman–Crippen MR) is 70.1 cm³/mol. The first-order valence-corrected chi connectivity index (χ1v) is 6.07. The summed E-state index contributed by atoms with van der Waals surface area (Å²) in [7, 11) is 6.57. The summed E-state index contributed by atoms with van der Waals surface area (Å²) in [5.74, 6) is 0. The van der Waals surface area contributed by atoms with E-state index in [0.717, 1.165) is 0 Å². The molecule has 1 aliphatic heterocycles. The molecule has 1 heterocycles. The van der Waals surface area contributed by atoms with Gasteiger partial charge in [-0.15, -0.1) is 0 Å². The van der Waals surface area contributed by atoms with Crippen molar-refractivity contribution in [2.24, 2.45) is 0 Å². The van der Waals surface area contributed by atoms with Crippen LogP contribution in [0, 0.1) is 6.92 Å². The lowest BCUT2D eigenvalue weighted by Crippen LogP contribution is -2.20. The summed E-state index contributed by atoms with van der Waals surface area (Å²) in [6, 6.07) is 7.40. The Morgan fingerprint density at radius 3 is 2.75 bits per heavy atom. The van der Waals surface area contributed by atoms with Crippen LogP contribution in [-0.4, -0.2) is 32.6 Å². The zero-order valence-electron chi connectivity index (χ0n) is 10.8. The Labute approximate surface area is 98.9 Å². The van der Waals surface area contributed by atoms with E-state index in [4.69, 9.17) is 0 Å². The first-order chi connectivity index (χ1) is 7.59. The summed E-state index contributed by atoms with van der Waals surface area (Å²) < 4.78 is 0. The average Bonchev–Trinajstić information content (AvgIpc) is 2.38. The third-order valence-electron chi connectivity index (χ3n) is 3.55. The molecule has 88 valence electrons. The Morgan fingerprint density at radius 1 is 1.31 bits per heavy atom. The molecule has 1 atom stereocenters. The molecule has 0 saturated heterocycles. The maximum Gasteiger partial charge on any atom is 0.0412 e. The number of aryl methyl sites for hydroxylation is 1. The van der Waals surface area contributed by atoms with Gasteiger partial charge in [-0.1, -0.05) is 17.7 Å². The lowest BCUT2D eigenvalue weighted by Gasteiger charge is -2.26. The number of benzene rings is 1. The van der Waals surface area contributed by atoms with Crippen molar-refractivity contribution in [3.05, 3.63) is 29.3 Å². The quantitative estimate of drug-likeness (QED) is 0.715. The van der Waals surface area contributed by atoms with Crippen LogP contribution >= 0.6 is 0 Å². The standard InChI is InChI=1S/C14H22N2/c1-11-7-8-14-12(10-11)13(15(2)3)6-5-9-16(14)4/h7-8,10,13H,5-6,9H2,1-4H3. The minimum absolute atomic E-state index is 0.569. The van der Waals surface area contributed by atoms with E-state index >= 15 is 0 Å². The SMILES string of the molecule is Cc1ccc2c(c1)C(N(C)C)CCCN2C. The van der Waals surface area contributed by atoms with E-state index in [9.17, 15) is 0 Å². The first-order valence-electron chi connectivity index (χ1n) is 6.07. The van der Waals surface area contributed by atoms with Gasteiger partial charge in [-0.2, -0.15) is 0 Å². The molecule has 0 amide bonds. The van der Waals surface area contributed by atoms with Gasteiger partial charge >= 0.3 is 0 Å². The van der Waals surface area contributed by atoms with Crippen LogP contribution in [0.3, 0.4) is 0 Å². The smallest absolute Gasteiger partial charge is 0.0412 e. The Morgan fingerprint density at radius 2 is 2.06 bits per heavy atom. The summed E-state index contributed by atoms with van der Waals surface area (Å²) in [4.78, 5) is 4.73. The Bertz CT molecular complexity index is 371. The second kappa shape index (κ2) is 4.46. The monoisotopic (exact) mass is 218 g/mol. The van der Waals surface area contributed by atoms with E-state index < -0.39 is 0 Å². The lowest BCUT2D eigenvalue weighted by molar-refractivity contribution is 0.284. The van der Waals surface area contributed by atoms with Crippen molar-refractivity contribution in [1.29, 1.82) is 0 Å². The number of fused-ring (bicyclic) bond motifs is 1. The minimum atomic E-state index is 0.569. The molecule has 2 nitrogen and oxygen atoms in total. The number of anilines is 1. The normalized spacial score (nSPS) is 20.8. The highest BCUT2D eigenvalue weighted by Crippen LogP contribution is 2.35. The summed E-state index contributed by atoms with van der Waals surface area (Å²) in [6.45, 7) is 3.35. The molecule has 0 fully saturated rings. The van der Waals surface area contributed by atoms with Gasteiger partial charge in [-0.25, -0.2) is 0 Å². The Balaban J connectivity index is 2.48. The maximum absolute atomic E-state index is 2.39. The molecule has 0 aliphatic carbocycles. The largest absolute Gasteiger partial charge is 0.374 e. The molecule has 2 heteroatoms. The first kappa shape index (κ1) is 11.5. The van der Waals surface area contributed by atoms with E-state index in [1.165, 1.54) is 36.2 Å².